The maximum Gasteiger partial charge on any atom is 0.273 e. The van der Waals surface area contributed by atoms with E-state index in [1.807, 2.05) is 0 Å². The zero-order valence-electron chi connectivity index (χ0n) is 19.0. The van der Waals surface area contributed by atoms with Gasteiger partial charge < -0.3 is 21.1 Å². The Kier molecular flexibility index (Phi) is 6.24. The maximum absolute atomic E-state index is 12.3. The molecule has 1 saturated heterocycles. The molecule has 0 bridgehead atoms. The molecule has 1 aromatic heterocycles. The number of nitrogens with two attached hydrogens (primary N) is 2. The summed E-state index contributed by atoms with van der Waals surface area (Å²) in [6, 6.07) is 10.8. The Morgan fingerprint density at radius 3 is 2.71 bits per heavy atom. The fraction of sp³-hybridized carbons (Fsp3) is 0.208. The van der Waals surface area contributed by atoms with Crippen LogP contribution in [0, 0.1) is 17.0 Å². The molecule has 2 aromatic carbocycles. The van der Waals surface area contributed by atoms with Crippen LogP contribution in [0.15, 0.2) is 55.1 Å². The van der Waals surface area contributed by atoms with Crippen molar-refractivity contribution in [2.45, 2.75) is 19.4 Å². The van der Waals surface area contributed by atoms with Crippen molar-refractivity contribution in [2.24, 2.45) is 5.73 Å². The third kappa shape index (κ3) is 4.56. The Hall–Kier alpha value is -4.67. The Morgan fingerprint density at radius 1 is 1.29 bits per heavy atom. The van der Waals surface area contributed by atoms with Crippen molar-refractivity contribution in [3.05, 3.63) is 76.4 Å². The molecule has 0 spiro atoms. The number of ether oxygens (including phenoxy) is 1. The van der Waals surface area contributed by atoms with Crippen LogP contribution in [0.1, 0.15) is 28.4 Å². The Bertz CT molecular complexity index is 1350. The zero-order valence-corrected chi connectivity index (χ0v) is 19.0. The van der Waals surface area contributed by atoms with E-state index in [0.29, 0.717) is 47.8 Å². The molecule has 35 heavy (non-hydrogen) atoms. The molecule has 4 N–H and O–H groups in total. The first kappa shape index (κ1) is 23.5. The van der Waals surface area contributed by atoms with Gasteiger partial charge in [0.15, 0.2) is 0 Å². The minimum Gasteiger partial charge on any atom is -0.457 e. The van der Waals surface area contributed by atoms with Gasteiger partial charge in [0.1, 0.15) is 28.6 Å². The summed E-state index contributed by atoms with van der Waals surface area (Å²) in [7, 11) is 0. The molecule has 2 amide bonds. The summed E-state index contributed by atoms with van der Waals surface area (Å²) in [6.07, 6.45) is 1.88. The van der Waals surface area contributed by atoms with Crippen LogP contribution in [-0.2, 0) is 4.79 Å². The van der Waals surface area contributed by atoms with Crippen LogP contribution in [-0.4, -0.2) is 44.5 Å². The summed E-state index contributed by atoms with van der Waals surface area (Å²) in [5.74, 6) is 0.0526. The monoisotopic (exact) mass is 476 g/mol. The molecule has 0 radical (unpaired) electrons. The van der Waals surface area contributed by atoms with E-state index in [2.05, 4.69) is 11.7 Å². The zero-order chi connectivity index (χ0) is 25.3. The van der Waals surface area contributed by atoms with Gasteiger partial charge in [-0.25, -0.2) is 4.68 Å². The van der Waals surface area contributed by atoms with Crippen molar-refractivity contribution in [1.29, 1.82) is 0 Å². The van der Waals surface area contributed by atoms with Crippen LogP contribution in [0.3, 0.4) is 0 Å². The van der Waals surface area contributed by atoms with Crippen molar-refractivity contribution >= 4 is 23.3 Å². The number of likely N-dealkylation sites (tertiary alicyclic amines) is 1. The second-order valence-corrected chi connectivity index (χ2v) is 8.19. The molecule has 4 rings (SSSR count). The van der Waals surface area contributed by atoms with E-state index in [9.17, 15) is 19.7 Å². The van der Waals surface area contributed by atoms with Crippen molar-refractivity contribution < 1.29 is 19.2 Å². The highest BCUT2D eigenvalue weighted by Gasteiger charge is 2.31. The first-order valence-electron chi connectivity index (χ1n) is 10.8. The average molecular weight is 476 g/mol. The normalized spacial score (nSPS) is 15.1. The van der Waals surface area contributed by atoms with Gasteiger partial charge in [-0.2, -0.15) is 5.10 Å². The van der Waals surface area contributed by atoms with Crippen molar-refractivity contribution in [2.75, 3.05) is 18.8 Å². The van der Waals surface area contributed by atoms with Gasteiger partial charge in [-0.15, -0.1) is 0 Å². The molecule has 0 saturated carbocycles. The number of nitro benzene ring substituents is 1. The van der Waals surface area contributed by atoms with E-state index in [1.54, 1.807) is 46.8 Å². The van der Waals surface area contributed by atoms with Gasteiger partial charge in [-0.3, -0.25) is 19.7 Å². The largest absolute Gasteiger partial charge is 0.457 e. The fourth-order valence-electron chi connectivity index (χ4n) is 4.14. The standard InChI is InChI=1S/C24H24N6O5/c1-3-20(31)28-10-9-17(13-28)29-23(25)21(24(26)32)22(27-29)15-7-8-19(14(2)11-15)35-18-6-4-5-16(12-18)30(33)34/h3-8,11-12,17H,1,9-10,13,25H2,2H3,(H2,26,32)/t17-/m1/s1. The molecule has 11 heteroatoms. The number of anilines is 1. The number of nitro groups is 1. The first-order valence-corrected chi connectivity index (χ1v) is 10.8. The average Bonchev–Trinajstić information content (AvgIpc) is 3.44. The van der Waals surface area contributed by atoms with Crippen molar-refractivity contribution in [3.63, 3.8) is 0 Å². The number of rotatable bonds is 7. The summed E-state index contributed by atoms with van der Waals surface area (Å²) in [5, 5.41) is 15.6. The lowest BCUT2D eigenvalue weighted by atomic mass is 10.0. The number of nitrogens with zero attached hydrogens (tertiary/aromatic N) is 4. The smallest absolute Gasteiger partial charge is 0.273 e. The third-order valence-corrected chi connectivity index (χ3v) is 5.89. The lowest BCUT2D eigenvalue weighted by Crippen LogP contribution is -2.27. The van der Waals surface area contributed by atoms with Crippen LogP contribution in [0.2, 0.25) is 0 Å². The van der Waals surface area contributed by atoms with E-state index < -0.39 is 10.8 Å². The minimum atomic E-state index is -0.713. The maximum atomic E-state index is 12.3. The van der Waals surface area contributed by atoms with Gasteiger partial charge in [0, 0.05) is 24.7 Å². The molecule has 2 heterocycles. The van der Waals surface area contributed by atoms with E-state index >= 15 is 0 Å². The summed E-state index contributed by atoms with van der Waals surface area (Å²) in [6.45, 7) is 6.24. The van der Waals surface area contributed by atoms with Gasteiger partial charge in [0.2, 0.25) is 5.91 Å². The van der Waals surface area contributed by atoms with Gasteiger partial charge in [-0.05, 0) is 49.2 Å². The van der Waals surface area contributed by atoms with E-state index in [-0.39, 0.29) is 29.0 Å². The van der Waals surface area contributed by atoms with E-state index in [4.69, 9.17) is 16.2 Å². The minimum absolute atomic E-state index is 0.0795. The third-order valence-electron chi connectivity index (χ3n) is 5.89. The number of primary amides is 1. The lowest BCUT2D eigenvalue weighted by molar-refractivity contribution is -0.384. The van der Waals surface area contributed by atoms with Crippen molar-refractivity contribution in [3.8, 4) is 22.8 Å². The molecule has 0 unspecified atom stereocenters. The van der Waals surface area contributed by atoms with Crippen LogP contribution in [0.5, 0.6) is 11.5 Å². The van der Waals surface area contributed by atoms with Crippen LogP contribution >= 0.6 is 0 Å². The summed E-state index contributed by atoms with van der Waals surface area (Å²) in [4.78, 5) is 36.4. The topological polar surface area (TPSA) is 160 Å². The van der Waals surface area contributed by atoms with Crippen molar-refractivity contribution in [1.82, 2.24) is 14.7 Å². The van der Waals surface area contributed by atoms with Gasteiger partial charge in [-0.1, -0.05) is 12.6 Å². The molecule has 1 atom stereocenters. The number of aromatic nitrogens is 2. The number of carbonyl (C=O) groups is 2. The van der Waals surface area contributed by atoms with Gasteiger partial charge in [0.25, 0.3) is 11.6 Å². The Labute approximate surface area is 200 Å². The molecule has 3 aromatic rings. The predicted molar refractivity (Wildman–Crippen MR) is 129 cm³/mol. The molecular weight excluding hydrogens is 452 g/mol. The molecule has 180 valence electrons. The van der Waals surface area contributed by atoms with E-state index in [0.717, 1.165) is 0 Å². The number of nitrogen functional groups attached to an aromatic ring is 1. The molecule has 1 aliphatic heterocycles. The quantitative estimate of drug-likeness (QED) is 0.301. The van der Waals surface area contributed by atoms with Crippen LogP contribution < -0.4 is 16.2 Å². The SMILES string of the molecule is C=CC(=O)N1CC[C@@H](n2nc(-c3ccc(Oc4cccc([N+](=O)[O-])c4)c(C)c3)c(C(N)=O)c2N)C1. The highest BCUT2D eigenvalue weighted by Crippen LogP contribution is 2.35. The number of aryl methyl sites for hydroxylation is 1. The molecule has 11 nitrogen and oxygen atoms in total. The summed E-state index contributed by atoms with van der Waals surface area (Å²) >= 11 is 0. The highest BCUT2D eigenvalue weighted by atomic mass is 16.6. The second-order valence-electron chi connectivity index (χ2n) is 8.19. The Balaban J connectivity index is 1.65. The second kappa shape index (κ2) is 9.29. The lowest BCUT2D eigenvalue weighted by Gasteiger charge is -2.15. The number of non-ortho nitro benzene ring substituents is 1. The first-order chi connectivity index (χ1) is 16.7. The summed E-state index contributed by atoms with van der Waals surface area (Å²) < 4.78 is 7.38. The van der Waals surface area contributed by atoms with E-state index in [1.165, 1.54) is 18.2 Å². The fourth-order valence-corrected chi connectivity index (χ4v) is 4.14. The number of carbonyl (C=O) groups excluding carboxylic acids is 2. The Morgan fingerprint density at radius 2 is 2.06 bits per heavy atom. The number of amides is 2. The molecule has 1 fully saturated rings. The number of hydrogen-bond acceptors (Lipinski definition) is 7. The predicted octanol–water partition coefficient (Wildman–Crippen LogP) is 3.20. The number of hydrogen-bond donors (Lipinski definition) is 2. The summed E-state index contributed by atoms with van der Waals surface area (Å²) in [5.41, 5.74) is 13.6. The number of benzene rings is 2. The van der Waals surface area contributed by atoms with Gasteiger partial charge in [0.05, 0.1) is 17.0 Å². The van der Waals surface area contributed by atoms with Crippen LogP contribution in [0.25, 0.3) is 11.3 Å². The highest BCUT2D eigenvalue weighted by molar-refractivity contribution is 6.03. The molecule has 0 aliphatic carbocycles. The molecule has 1 aliphatic rings. The van der Waals surface area contributed by atoms with Crippen LogP contribution in [0.4, 0.5) is 11.5 Å². The van der Waals surface area contributed by atoms with Gasteiger partial charge >= 0.3 is 0 Å². The molecular formula is C24H24N6O5.